The van der Waals surface area contributed by atoms with Gasteiger partial charge in [0, 0.05) is 50.8 Å². The van der Waals surface area contributed by atoms with E-state index in [2.05, 4.69) is 25.3 Å². The molecule has 326 valence electrons. The molecule has 0 aliphatic carbocycles. The van der Waals surface area contributed by atoms with Gasteiger partial charge < -0.3 is 29.9 Å². The van der Waals surface area contributed by atoms with Crippen molar-refractivity contribution in [1.82, 2.24) is 39.8 Å². The first-order valence-corrected chi connectivity index (χ1v) is 22.7. The fraction of sp³-hybridized carbons (Fsp3) is 0.170. The summed E-state index contributed by atoms with van der Waals surface area (Å²) in [5.74, 6) is 1.44. The molecule has 1 aliphatic heterocycles. The number of rotatable bonds is 10. The van der Waals surface area contributed by atoms with E-state index in [-0.39, 0.29) is 16.1 Å². The van der Waals surface area contributed by atoms with Gasteiger partial charge in [-0.1, -0.05) is 60.2 Å². The van der Waals surface area contributed by atoms with E-state index in [1.807, 2.05) is 121 Å². The average molecular weight is 912 g/mol. The number of carbonyl (C=O) groups excluding carboxylic acids is 1. The Morgan fingerprint density at radius 2 is 1.33 bits per heavy atom. The molecule has 4 heterocycles. The van der Waals surface area contributed by atoms with E-state index in [0.29, 0.717) is 61.6 Å². The molecule has 3 N–H and O–H groups in total. The number of nitrogens with zero attached hydrogens (tertiary/aromatic N) is 6. The van der Waals surface area contributed by atoms with Gasteiger partial charge in [-0.15, -0.1) is 0 Å². The van der Waals surface area contributed by atoms with Crippen LogP contribution in [0.1, 0.15) is 18.1 Å². The molecule has 17 heteroatoms. The van der Waals surface area contributed by atoms with Gasteiger partial charge >= 0.3 is 6.09 Å². The number of fused-ring (bicyclic) bond motifs is 1. The first-order valence-electron chi connectivity index (χ1n) is 20.4. The van der Waals surface area contributed by atoms with Crippen LogP contribution >= 0.6 is 24.4 Å². The number of carbonyl (C=O) groups is 1. The third-order valence-electron chi connectivity index (χ3n) is 9.71. The Morgan fingerprint density at radius 3 is 1.97 bits per heavy atom. The van der Waals surface area contributed by atoms with Gasteiger partial charge in [-0.25, -0.2) is 23.2 Å². The number of hydrogen-bond acceptors (Lipinski definition) is 11. The quantitative estimate of drug-likeness (QED) is 0.112. The molecule has 1 aliphatic rings. The van der Waals surface area contributed by atoms with Crippen LogP contribution in [-0.4, -0.2) is 87.3 Å². The van der Waals surface area contributed by atoms with Crippen molar-refractivity contribution in [2.75, 3.05) is 38.1 Å². The number of nitrogens with one attached hydrogen (secondary N) is 3. The van der Waals surface area contributed by atoms with Crippen molar-refractivity contribution in [3.05, 3.63) is 157 Å². The van der Waals surface area contributed by atoms with Crippen molar-refractivity contribution >= 4 is 67.5 Å². The van der Waals surface area contributed by atoms with E-state index >= 15 is 0 Å². The fourth-order valence-electron chi connectivity index (χ4n) is 6.46. The zero-order valence-electron chi connectivity index (χ0n) is 35.0. The van der Waals surface area contributed by atoms with Gasteiger partial charge in [-0.2, -0.15) is 0 Å². The molecule has 14 nitrogen and oxygen atoms in total. The van der Waals surface area contributed by atoms with Gasteiger partial charge in [-0.05, 0) is 123 Å². The predicted octanol–water partition coefficient (Wildman–Crippen LogP) is 8.37. The number of hydrogen-bond donors (Lipinski definition) is 3. The second-order valence-corrected chi connectivity index (χ2v) is 16.8. The highest BCUT2D eigenvalue weighted by Crippen LogP contribution is 2.30. The van der Waals surface area contributed by atoms with Gasteiger partial charge in [0.25, 0.3) is 10.0 Å². The molecule has 1 amide bonds. The average Bonchev–Trinajstić information content (AvgIpc) is 3.32. The van der Waals surface area contributed by atoms with Crippen LogP contribution in [0.4, 0.5) is 10.5 Å². The molecule has 3 aromatic heterocycles. The highest BCUT2D eigenvalue weighted by atomic mass is 32.2. The molecule has 0 saturated carbocycles. The number of amides is 1. The molecule has 1 saturated heterocycles. The highest BCUT2D eigenvalue weighted by Gasteiger charge is 2.24. The minimum atomic E-state index is -3.71. The lowest BCUT2D eigenvalue weighted by Crippen LogP contribution is -2.51. The van der Waals surface area contributed by atoms with E-state index in [9.17, 15) is 13.2 Å². The number of ether oxygens (including phenoxy) is 2. The maximum atomic E-state index is 12.4. The van der Waals surface area contributed by atoms with Crippen LogP contribution in [0.2, 0.25) is 0 Å². The lowest BCUT2D eigenvalue weighted by Gasteiger charge is -2.35. The van der Waals surface area contributed by atoms with E-state index in [4.69, 9.17) is 43.9 Å². The minimum absolute atomic E-state index is 0.0370. The minimum Gasteiger partial charge on any atom is -0.457 e. The van der Waals surface area contributed by atoms with Crippen molar-refractivity contribution in [2.24, 2.45) is 0 Å². The number of benzene rings is 4. The van der Waals surface area contributed by atoms with Crippen molar-refractivity contribution in [3.8, 4) is 34.3 Å². The van der Waals surface area contributed by atoms with Crippen LogP contribution in [0.5, 0.6) is 11.5 Å². The number of anilines is 1. The van der Waals surface area contributed by atoms with Crippen molar-refractivity contribution in [3.63, 3.8) is 0 Å². The summed E-state index contributed by atoms with van der Waals surface area (Å²) in [6, 6.07) is 40.7. The number of thiocarbonyl (C=S) groups is 2. The lowest BCUT2D eigenvalue weighted by atomic mass is 10.1. The van der Waals surface area contributed by atoms with Crippen LogP contribution in [-0.2, 0) is 21.3 Å². The molecule has 0 unspecified atom stereocenters. The molecular weight excluding hydrogens is 867 g/mol. The zero-order chi connectivity index (χ0) is 44.9. The summed E-state index contributed by atoms with van der Waals surface area (Å²) in [5.41, 5.74) is 6.97. The Bertz CT molecular complexity index is 2820. The summed E-state index contributed by atoms with van der Waals surface area (Å²) < 4.78 is 38.0. The van der Waals surface area contributed by atoms with E-state index < -0.39 is 10.0 Å². The number of sulfonamides is 1. The van der Waals surface area contributed by atoms with Crippen LogP contribution in [0.15, 0.2) is 151 Å². The van der Waals surface area contributed by atoms with Crippen LogP contribution in [0, 0.1) is 6.92 Å². The summed E-state index contributed by atoms with van der Waals surface area (Å²) in [6.45, 7) is 6.83. The first-order chi connectivity index (χ1) is 31.0. The van der Waals surface area contributed by atoms with E-state index in [1.54, 1.807) is 48.5 Å². The normalized spacial score (nSPS) is 12.3. The smallest absolute Gasteiger partial charge is 0.409 e. The maximum Gasteiger partial charge on any atom is 0.409 e. The summed E-state index contributed by atoms with van der Waals surface area (Å²) in [7, 11) is -3.71. The van der Waals surface area contributed by atoms with Crippen molar-refractivity contribution in [1.29, 1.82) is 0 Å². The van der Waals surface area contributed by atoms with Gasteiger partial charge in [0.2, 0.25) is 0 Å². The Kier molecular flexibility index (Phi) is 15.0. The summed E-state index contributed by atoms with van der Waals surface area (Å²) in [4.78, 5) is 34.7. The monoisotopic (exact) mass is 911 g/mol. The van der Waals surface area contributed by atoms with Crippen LogP contribution in [0.25, 0.3) is 33.8 Å². The summed E-state index contributed by atoms with van der Waals surface area (Å²) in [6.07, 6.45) is 3.20. The number of aromatic nitrogens is 4. The van der Waals surface area contributed by atoms with E-state index in [1.165, 1.54) is 0 Å². The predicted molar refractivity (Wildman–Crippen MR) is 256 cm³/mol. The Balaban J connectivity index is 0.000000198. The Morgan fingerprint density at radius 1 is 0.703 bits per heavy atom. The number of para-hydroxylation sites is 1. The number of aryl methyl sites for hydroxylation is 1. The molecule has 64 heavy (non-hydrogen) atoms. The Hall–Kier alpha value is -7.08. The molecule has 0 atom stereocenters. The molecule has 7 aromatic rings. The van der Waals surface area contributed by atoms with Gasteiger partial charge in [0.15, 0.2) is 10.2 Å². The molecule has 1 fully saturated rings. The van der Waals surface area contributed by atoms with Crippen LogP contribution < -0.4 is 20.1 Å². The summed E-state index contributed by atoms with van der Waals surface area (Å²) >= 11 is 10.8. The van der Waals surface area contributed by atoms with E-state index in [0.717, 1.165) is 45.0 Å². The van der Waals surface area contributed by atoms with Gasteiger partial charge in [0.05, 0.1) is 33.9 Å². The van der Waals surface area contributed by atoms with Gasteiger partial charge in [-0.3, -0.25) is 14.7 Å². The number of pyridine rings is 2. The number of piperazine rings is 1. The van der Waals surface area contributed by atoms with Crippen LogP contribution in [0.3, 0.4) is 0 Å². The third-order valence-corrected chi connectivity index (χ3v) is 11.8. The first kappa shape index (κ1) is 45.0. The second kappa shape index (κ2) is 21.3. The molecular formula is C47H45N9O5S3. The highest BCUT2D eigenvalue weighted by molar-refractivity contribution is 7.91. The fourth-order valence-corrected chi connectivity index (χ4v) is 8.09. The van der Waals surface area contributed by atoms with Crippen molar-refractivity contribution in [2.45, 2.75) is 25.3 Å². The zero-order valence-corrected chi connectivity index (χ0v) is 37.5. The second-order valence-electron chi connectivity index (χ2n) is 14.3. The molecule has 0 radical (unpaired) electrons. The molecule has 8 rings (SSSR count). The van der Waals surface area contributed by atoms with Gasteiger partial charge in [0.1, 0.15) is 22.9 Å². The molecule has 4 aromatic carbocycles. The standard InChI is InChI=1S/C26H25N7O2S.C21H20N2O3S2/c1-2-35-26(34)33-15-13-32(14-16-33)25(36)29-18-9-10-19-22(17-18)31-24(21-8-4-6-12-28-21)23(30-19)20-7-3-5-11-27-20;1-16-10-12-20(13-11-16)28(24,25)23-21(27)22-15-17-6-5-9-19(14-17)26-18-7-3-2-4-8-18/h3-12,17H,2,13-16H2,1H3,(H,29,36);2-14H,15H2,1H3,(H2,22,23,27). The third kappa shape index (κ3) is 12.1. The largest absolute Gasteiger partial charge is 0.457 e. The molecule has 0 spiro atoms. The maximum absolute atomic E-state index is 12.4. The lowest BCUT2D eigenvalue weighted by molar-refractivity contribution is 0.0923. The topological polar surface area (TPSA) is 164 Å². The SMILES string of the molecule is CCOC(=O)N1CCN(C(=S)Nc2ccc3nc(-c4ccccn4)c(-c4ccccn4)nc3c2)CC1.Cc1ccc(S(=O)(=O)NC(=S)NCc2cccc(Oc3ccccc3)c2)cc1. The Labute approximate surface area is 382 Å². The summed E-state index contributed by atoms with van der Waals surface area (Å²) in [5, 5.41) is 6.85. The molecule has 0 bridgehead atoms. The van der Waals surface area contributed by atoms with Crippen molar-refractivity contribution < 1.29 is 22.7 Å².